The van der Waals surface area contributed by atoms with E-state index in [1.807, 2.05) is 6.92 Å². The third kappa shape index (κ3) is 2.82. The summed E-state index contributed by atoms with van der Waals surface area (Å²) in [4.78, 5) is 25.0. The van der Waals surface area contributed by atoms with Crippen molar-refractivity contribution in [2.75, 3.05) is 11.4 Å². The zero-order chi connectivity index (χ0) is 14.7. The van der Waals surface area contributed by atoms with E-state index < -0.39 is 12.0 Å². The lowest BCUT2D eigenvalue weighted by molar-refractivity contribution is -0.120. The van der Waals surface area contributed by atoms with Gasteiger partial charge in [0.1, 0.15) is 0 Å². The molecule has 1 atom stereocenters. The number of amides is 1. The smallest absolute Gasteiger partial charge is 0.335 e. The van der Waals surface area contributed by atoms with Crippen LogP contribution in [0.3, 0.4) is 0 Å². The highest BCUT2D eigenvalue weighted by Gasteiger charge is 2.26. The summed E-state index contributed by atoms with van der Waals surface area (Å²) in [5.74, 6) is -1.02. The van der Waals surface area contributed by atoms with E-state index in [-0.39, 0.29) is 11.5 Å². The van der Waals surface area contributed by atoms with Gasteiger partial charge in [-0.3, -0.25) is 4.79 Å². The Labute approximate surface area is 118 Å². The number of hydrogen-bond donors (Lipinski definition) is 2. The fourth-order valence-corrected chi connectivity index (χ4v) is 2.59. The minimum atomic E-state index is -0.945. The Kier molecular flexibility index (Phi) is 4.39. The summed E-state index contributed by atoms with van der Waals surface area (Å²) in [5, 5.41) is 9.02. The predicted octanol–water partition coefficient (Wildman–Crippen LogP) is 1.79. The number of carbonyl (C=O) groups excluding carboxylic acids is 1. The lowest BCUT2D eigenvalue weighted by atomic mass is 9.98. The summed E-state index contributed by atoms with van der Waals surface area (Å²) >= 11 is 0. The maximum absolute atomic E-state index is 12.4. The molecule has 108 valence electrons. The zero-order valence-electron chi connectivity index (χ0n) is 11.6. The number of fused-ring (bicyclic) bond motifs is 1. The summed E-state index contributed by atoms with van der Waals surface area (Å²) in [6.45, 7) is 2.64. The van der Waals surface area contributed by atoms with Crippen LogP contribution in [0.25, 0.3) is 0 Å². The normalized spacial score (nSPS) is 15.6. The van der Waals surface area contributed by atoms with E-state index in [2.05, 4.69) is 0 Å². The van der Waals surface area contributed by atoms with E-state index in [1.165, 1.54) is 6.07 Å². The molecule has 0 saturated heterocycles. The van der Waals surface area contributed by atoms with Crippen LogP contribution in [0.4, 0.5) is 5.69 Å². The fraction of sp³-hybridized carbons (Fsp3) is 0.467. The second-order valence-electron chi connectivity index (χ2n) is 5.14. The van der Waals surface area contributed by atoms with Crippen LogP contribution in [0, 0.1) is 0 Å². The Hall–Kier alpha value is -1.88. The van der Waals surface area contributed by atoms with Gasteiger partial charge in [0, 0.05) is 12.2 Å². The van der Waals surface area contributed by atoms with Crippen molar-refractivity contribution in [2.45, 2.75) is 38.6 Å². The molecule has 0 spiro atoms. The number of carbonyl (C=O) groups is 2. The maximum atomic E-state index is 12.4. The van der Waals surface area contributed by atoms with E-state index in [1.54, 1.807) is 17.0 Å². The summed E-state index contributed by atoms with van der Waals surface area (Å²) in [7, 11) is 0. The van der Waals surface area contributed by atoms with Crippen LogP contribution in [-0.2, 0) is 11.2 Å². The number of carboxylic acid groups (broad SMARTS) is 1. The predicted molar refractivity (Wildman–Crippen MR) is 77.0 cm³/mol. The van der Waals surface area contributed by atoms with Crippen molar-refractivity contribution in [2.24, 2.45) is 5.73 Å². The van der Waals surface area contributed by atoms with Gasteiger partial charge in [0.25, 0.3) is 0 Å². The van der Waals surface area contributed by atoms with E-state index in [9.17, 15) is 9.59 Å². The molecule has 3 N–H and O–H groups in total. The number of nitrogens with zero attached hydrogens (tertiary/aromatic N) is 1. The van der Waals surface area contributed by atoms with Crippen molar-refractivity contribution in [1.82, 2.24) is 0 Å². The third-order valence-electron chi connectivity index (χ3n) is 3.63. The number of benzene rings is 1. The minimum Gasteiger partial charge on any atom is -0.478 e. The minimum absolute atomic E-state index is 0.0733. The van der Waals surface area contributed by atoms with Gasteiger partial charge < -0.3 is 15.7 Å². The van der Waals surface area contributed by atoms with Crippen LogP contribution >= 0.6 is 0 Å². The molecular weight excluding hydrogens is 256 g/mol. The topological polar surface area (TPSA) is 83.6 Å². The molecule has 20 heavy (non-hydrogen) atoms. The fourth-order valence-electron chi connectivity index (χ4n) is 2.59. The molecule has 0 unspecified atom stereocenters. The Morgan fingerprint density at radius 2 is 2.20 bits per heavy atom. The Morgan fingerprint density at radius 3 is 2.85 bits per heavy atom. The van der Waals surface area contributed by atoms with Crippen molar-refractivity contribution in [3.05, 3.63) is 29.3 Å². The van der Waals surface area contributed by atoms with Crippen molar-refractivity contribution >= 4 is 17.6 Å². The molecule has 1 aliphatic heterocycles. The highest BCUT2D eigenvalue weighted by Crippen LogP contribution is 2.28. The Bertz CT molecular complexity index is 528. The van der Waals surface area contributed by atoms with Crippen LogP contribution in [0.2, 0.25) is 0 Å². The van der Waals surface area contributed by atoms with Gasteiger partial charge in [0.15, 0.2) is 0 Å². The molecule has 1 heterocycles. The van der Waals surface area contributed by atoms with E-state index in [4.69, 9.17) is 10.8 Å². The summed E-state index contributed by atoms with van der Waals surface area (Å²) in [6.07, 6.45) is 3.16. The molecule has 1 aliphatic rings. The maximum Gasteiger partial charge on any atom is 0.335 e. The molecule has 0 aliphatic carbocycles. The largest absolute Gasteiger partial charge is 0.478 e. The molecule has 0 bridgehead atoms. The number of carboxylic acids is 1. The molecule has 5 nitrogen and oxygen atoms in total. The molecule has 1 aromatic rings. The van der Waals surface area contributed by atoms with Crippen molar-refractivity contribution in [3.63, 3.8) is 0 Å². The molecule has 0 fully saturated rings. The van der Waals surface area contributed by atoms with Crippen molar-refractivity contribution in [3.8, 4) is 0 Å². The van der Waals surface area contributed by atoms with Gasteiger partial charge in [-0.25, -0.2) is 4.79 Å². The molecule has 0 saturated carbocycles. The quantitative estimate of drug-likeness (QED) is 0.878. The molecule has 2 rings (SSSR count). The summed E-state index contributed by atoms with van der Waals surface area (Å²) in [6, 6.07) is 4.43. The average molecular weight is 276 g/mol. The number of rotatable bonds is 4. The lowest BCUT2D eigenvalue weighted by Crippen LogP contribution is -2.46. The number of hydrogen-bond acceptors (Lipinski definition) is 3. The summed E-state index contributed by atoms with van der Waals surface area (Å²) < 4.78 is 0. The van der Waals surface area contributed by atoms with Gasteiger partial charge in [-0.05, 0) is 43.0 Å². The summed E-state index contributed by atoms with van der Waals surface area (Å²) in [5.41, 5.74) is 7.88. The van der Waals surface area contributed by atoms with E-state index >= 15 is 0 Å². The molecule has 5 heteroatoms. The van der Waals surface area contributed by atoms with Gasteiger partial charge in [0.2, 0.25) is 5.91 Å². The SMILES string of the molecule is CCC[C@H](N)C(=O)N1CCCc2cc(C(=O)O)ccc21. The first-order valence-electron chi connectivity index (χ1n) is 6.97. The Balaban J connectivity index is 2.28. The third-order valence-corrected chi connectivity index (χ3v) is 3.63. The first-order valence-corrected chi connectivity index (χ1v) is 6.97. The molecule has 1 aromatic carbocycles. The lowest BCUT2D eigenvalue weighted by Gasteiger charge is -2.31. The number of aryl methyl sites for hydroxylation is 1. The number of aromatic carboxylic acids is 1. The van der Waals surface area contributed by atoms with Gasteiger partial charge in [-0.2, -0.15) is 0 Å². The molecule has 0 aromatic heterocycles. The number of nitrogens with two attached hydrogens (primary N) is 1. The first kappa shape index (κ1) is 14.5. The monoisotopic (exact) mass is 276 g/mol. The van der Waals surface area contributed by atoms with Gasteiger partial charge in [0.05, 0.1) is 11.6 Å². The van der Waals surface area contributed by atoms with Crippen LogP contribution in [0.1, 0.15) is 42.1 Å². The second-order valence-corrected chi connectivity index (χ2v) is 5.14. The van der Waals surface area contributed by atoms with Crippen LogP contribution in [0.15, 0.2) is 18.2 Å². The standard InChI is InChI=1S/C15H20N2O3/c1-2-4-12(16)14(18)17-8-3-5-10-9-11(15(19)20)6-7-13(10)17/h6-7,9,12H,2-5,8,16H2,1H3,(H,19,20)/t12-/m0/s1. The molecule has 1 amide bonds. The highest BCUT2D eigenvalue weighted by atomic mass is 16.4. The molecular formula is C15H20N2O3. The van der Waals surface area contributed by atoms with Crippen molar-refractivity contribution < 1.29 is 14.7 Å². The van der Waals surface area contributed by atoms with Gasteiger partial charge in [-0.1, -0.05) is 13.3 Å². The zero-order valence-corrected chi connectivity index (χ0v) is 11.6. The van der Waals surface area contributed by atoms with Gasteiger partial charge in [-0.15, -0.1) is 0 Å². The second kappa shape index (κ2) is 6.05. The van der Waals surface area contributed by atoms with Crippen molar-refractivity contribution in [1.29, 1.82) is 0 Å². The molecule has 0 radical (unpaired) electrons. The van der Waals surface area contributed by atoms with Crippen LogP contribution < -0.4 is 10.6 Å². The van der Waals surface area contributed by atoms with E-state index in [0.29, 0.717) is 13.0 Å². The first-order chi connectivity index (χ1) is 9.54. The average Bonchev–Trinajstić information content (AvgIpc) is 2.45. The van der Waals surface area contributed by atoms with Crippen LogP contribution in [-0.4, -0.2) is 29.6 Å². The highest BCUT2D eigenvalue weighted by molar-refractivity contribution is 5.99. The number of anilines is 1. The Morgan fingerprint density at radius 1 is 1.45 bits per heavy atom. The van der Waals surface area contributed by atoms with Crippen LogP contribution in [0.5, 0.6) is 0 Å². The van der Waals surface area contributed by atoms with E-state index in [0.717, 1.165) is 30.5 Å². The van der Waals surface area contributed by atoms with Gasteiger partial charge >= 0.3 is 5.97 Å².